The van der Waals surface area contributed by atoms with E-state index in [4.69, 9.17) is 20.4 Å². The average Bonchev–Trinajstić information content (AvgIpc) is 3.15. The molecular formula is C42H60O6. The Kier molecular flexibility index (Phi) is 28.9. The summed E-state index contributed by atoms with van der Waals surface area (Å²) in [5.74, 6) is 0.732. The number of fused-ring (bicyclic) bond motifs is 3. The Morgan fingerprint density at radius 2 is 0.562 bits per heavy atom. The quantitative estimate of drug-likeness (QED) is 0.0902. The molecule has 6 aromatic rings. The minimum Gasteiger partial charge on any atom is -0.508 e. The fraction of sp³-hybridized carbons (Fsp3) is 0.286. The van der Waals surface area contributed by atoms with Crippen LogP contribution < -0.4 is 0 Å². The monoisotopic (exact) mass is 660 g/mol. The van der Waals surface area contributed by atoms with Crippen molar-refractivity contribution in [2.45, 2.75) is 83.1 Å². The molecule has 0 bridgehead atoms. The summed E-state index contributed by atoms with van der Waals surface area (Å²) in [5, 5.41) is 60.4. The molecule has 6 rings (SSSR count). The van der Waals surface area contributed by atoms with Gasteiger partial charge >= 0.3 is 0 Å². The van der Waals surface area contributed by atoms with E-state index in [0.717, 1.165) is 21.5 Å². The van der Waals surface area contributed by atoms with E-state index >= 15 is 0 Å². The molecule has 0 aliphatic rings. The van der Waals surface area contributed by atoms with Gasteiger partial charge in [-0.05, 0) is 70.1 Å². The maximum Gasteiger partial charge on any atom is 0.158 e. The van der Waals surface area contributed by atoms with Crippen LogP contribution in [0.15, 0.2) is 109 Å². The maximum atomic E-state index is 9.38. The van der Waals surface area contributed by atoms with E-state index in [1.54, 1.807) is 84.9 Å². The predicted octanol–water partition coefficient (Wildman–Crippen LogP) is 12.9. The molecule has 0 amide bonds. The molecule has 0 aromatic heterocycles. The first-order valence-corrected chi connectivity index (χ1v) is 17.0. The van der Waals surface area contributed by atoms with Crippen molar-refractivity contribution in [3.8, 4) is 34.5 Å². The number of hydrogen-bond acceptors (Lipinski definition) is 6. The van der Waals surface area contributed by atoms with Crippen molar-refractivity contribution in [2.75, 3.05) is 0 Å². The van der Waals surface area contributed by atoms with Gasteiger partial charge in [-0.25, -0.2) is 0 Å². The van der Waals surface area contributed by atoms with E-state index in [1.165, 1.54) is 0 Å². The van der Waals surface area contributed by atoms with Gasteiger partial charge in [0.05, 0.1) is 0 Å². The van der Waals surface area contributed by atoms with Gasteiger partial charge in [0.2, 0.25) is 0 Å². The highest BCUT2D eigenvalue weighted by Gasteiger charge is 2.01. The number of aromatic hydroxyl groups is 6. The molecule has 6 N–H and O–H groups in total. The van der Waals surface area contributed by atoms with Crippen LogP contribution in [0.2, 0.25) is 0 Å². The Balaban J connectivity index is -0.000000546. The standard InChI is InChI=1S/3C10H8O2.6C2H6/c11-9-3-1-7-5-10(12)4-2-8(7)6-9;11-9-5-1-3-7-8(9)4-2-6-10(7)12;11-9-5-7-3-1-2-4-8(7)6-10(9)12;6*1-2/h3*1-6,11-12H;6*1-2H3. The molecule has 0 saturated carbocycles. The van der Waals surface area contributed by atoms with Gasteiger partial charge in [0.15, 0.2) is 11.5 Å². The molecule has 0 aliphatic heterocycles. The second-order valence-corrected chi connectivity index (χ2v) is 8.05. The summed E-state index contributed by atoms with van der Waals surface area (Å²) in [6.45, 7) is 24.0. The second kappa shape index (κ2) is 29.3. The van der Waals surface area contributed by atoms with Crippen LogP contribution in [0.1, 0.15) is 83.1 Å². The number of hydrogen-bond donors (Lipinski definition) is 6. The average molecular weight is 661 g/mol. The molecule has 0 saturated heterocycles. The minimum absolute atomic E-state index is 0.0753. The number of rotatable bonds is 0. The molecule has 6 nitrogen and oxygen atoms in total. The van der Waals surface area contributed by atoms with E-state index in [2.05, 4.69) is 0 Å². The summed E-state index contributed by atoms with van der Waals surface area (Å²) in [5.41, 5.74) is 0. The zero-order valence-corrected chi connectivity index (χ0v) is 31.1. The zero-order chi connectivity index (χ0) is 37.7. The third-order valence-electron chi connectivity index (χ3n) is 5.53. The summed E-state index contributed by atoms with van der Waals surface area (Å²) in [4.78, 5) is 0. The van der Waals surface area contributed by atoms with Gasteiger partial charge in [-0.2, -0.15) is 0 Å². The fourth-order valence-corrected chi connectivity index (χ4v) is 3.71. The number of phenolic OH excluding ortho intramolecular Hbond substituents is 6. The summed E-state index contributed by atoms with van der Waals surface area (Å²) in [7, 11) is 0. The van der Waals surface area contributed by atoms with Crippen molar-refractivity contribution >= 4 is 32.3 Å². The van der Waals surface area contributed by atoms with Crippen molar-refractivity contribution in [2.24, 2.45) is 0 Å². The van der Waals surface area contributed by atoms with E-state index in [-0.39, 0.29) is 34.5 Å². The summed E-state index contributed by atoms with van der Waals surface area (Å²) < 4.78 is 0. The van der Waals surface area contributed by atoms with Crippen LogP contribution in [-0.4, -0.2) is 30.6 Å². The zero-order valence-electron chi connectivity index (χ0n) is 31.1. The number of benzene rings is 6. The molecular weight excluding hydrogens is 600 g/mol. The molecule has 0 atom stereocenters. The molecule has 0 aliphatic carbocycles. The highest BCUT2D eigenvalue weighted by Crippen LogP contribution is 2.31. The SMILES string of the molecule is CC.CC.CC.CC.CC.CC.Oc1cc2ccccc2cc1O.Oc1ccc2cc(O)ccc2c1.Oc1cccc2c(O)cccc12. The summed E-state index contributed by atoms with van der Waals surface area (Å²) in [6.07, 6.45) is 0. The van der Waals surface area contributed by atoms with Gasteiger partial charge < -0.3 is 30.6 Å². The smallest absolute Gasteiger partial charge is 0.158 e. The highest BCUT2D eigenvalue weighted by atomic mass is 16.3. The third-order valence-corrected chi connectivity index (χ3v) is 5.53. The predicted molar refractivity (Wildman–Crippen MR) is 210 cm³/mol. The molecule has 0 heterocycles. The van der Waals surface area contributed by atoms with Crippen LogP contribution in [0, 0.1) is 0 Å². The third kappa shape index (κ3) is 15.9. The largest absolute Gasteiger partial charge is 0.508 e. The van der Waals surface area contributed by atoms with Gasteiger partial charge in [-0.15, -0.1) is 0 Å². The van der Waals surface area contributed by atoms with Crippen LogP contribution in [0.4, 0.5) is 0 Å². The first kappa shape index (κ1) is 47.3. The lowest BCUT2D eigenvalue weighted by molar-refractivity contribution is 0.405. The van der Waals surface area contributed by atoms with E-state index in [0.29, 0.717) is 10.8 Å². The van der Waals surface area contributed by atoms with Gasteiger partial charge in [-0.3, -0.25) is 0 Å². The van der Waals surface area contributed by atoms with Gasteiger partial charge in [0.25, 0.3) is 0 Å². The fourth-order valence-electron chi connectivity index (χ4n) is 3.71. The van der Waals surface area contributed by atoms with Crippen LogP contribution in [-0.2, 0) is 0 Å². The topological polar surface area (TPSA) is 121 Å². The van der Waals surface area contributed by atoms with Gasteiger partial charge in [0.1, 0.15) is 23.0 Å². The van der Waals surface area contributed by atoms with E-state index in [1.807, 2.05) is 107 Å². The molecule has 0 fully saturated rings. The van der Waals surface area contributed by atoms with Gasteiger partial charge in [-0.1, -0.05) is 144 Å². The Morgan fingerprint density at radius 3 is 0.875 bits per heavy atom. The van der Waals surface area contributed by atoms with E-state index < -0.39 is 0 Å². The minimum atomic E-state index is -0.0753. The maximum absolute atomic E-state index is 9.38. The van der Waals surface area contributed by atoms with E-state index in [9.17, 15) is 10.2 Å². The first-order chi connectivity index (χ1) is 23.3. The van der Waals surface area contributed by atoms with Crippen molar-refractivity contribution in [1.29, 1.82) is 0 Å². The Hall–Kier alpha value is -5.10. The molecule has 6 aromatic carbocycles. The van der Waals surface area contributed by atoms with Crippen LogP contribution in [0.3, 0.4) is 0 Å². The molecule has 0 spiro atoms. The van der Waals surface area contributed by atoms with Crippen molar-refractivity contribution < 1.29 is 30.6 Å². The van der Waals surface area contributed by atoms with Crippen molar-refractivity contribution in [3.63, 3.8) is 0 Å². The Morgan fingerprint density at radius 1 is 0.271 bits per heavy atom. The Labute approximate surface area is 289 Å². The van der Waals surface area contributed by atoms with Crippen LogP contribution in [0.5, 0.6) is 34.5 Å². The molecule has 264 valence electrons. The lowest BCUT2D eigenvalue weighted by Crippen LogP contribution is -1.73. The lowest BCUT2D eigenvalue weighted by Gasteiger charge is -2.01. The van der Waals surface area contributed by atoms with Crippen molar-refractivity contribution in [3.05, 3.63) is 109 Å². The molecule has 6 heteroatoms. The van der Waals surface area contributed by atoms with Crippen LogP contribution in [0.25, 0.3) is 32.3 Å². The highest BCUT2D eigenvalue weighted by molar-refractivity contribution is 5.92. The normalized spacial score (nSPS) is 8.50. The molecule has 48 heavy (non-hydrogen) atoms. The van der Waals surface area contributed by atoms with Crippen LogP contribution >= 0.6 is 0 Å². The molecule has 0 unspecified atom stereocenters. The summed E-state index contributed by atoms with van der Waals surface area (Å²) >= 11 is 0. The second-order valence-electron chi connectivity index (χ2n) is 8.05. The molecule has 0 radical (unpaired) electrons. The van der Waals surface area contributed by atoms with Crippen molar-refractivity contribution in [1.82, 2.24) is 0 Å². The summed E-state index contributed by atoms with van der Waals surface area (Å²) in [6, 6.07) is 30.8. The first-order valence-electron chi connectivity index (χ1n) is 17.0. The lowest BCUT2D eigenvalue weighted by atomic mass is 10.1. The Bertz CT molecular complexity index is 1540. The van der Waals surface area contributed by atoms with Gasteiger partial charge in [0, 0.05) is 10.8 Å². The number of phenols is 6.